The Hall–Kier alpha value is -0.980. The number of anilines is 1. The Morgan fingerprint density at radius 2 is 1.94 bits per heavy atom. The molecule has 1 aromatic heterocycles. The number of hydrogen-bond donors (Lipinski definition) is 1. The molecule has 1 N–H and O–H groups in total. The smallest absolute Gasteiger partial charge is 0.266 e. The van der Waals surface area contributed by atoms with E-state index in [1.165, 1.54) is 11.3 Å². The summed E-state index contributed by atoms with van der Waals surface area (Å²) in [6.07, 6.45) is 1.62. The molecule has 0 bridgehead atoms. The molecule has 0 aliphatic carbocycles. The van der Waals surface area contributed by atoms with Gasteiger partial charge in [-0.1, -0.05) is 0 Å². The maximum atomic E-state index is 11.9. The zero-order valence-corrected chi connectivity index (χ0v) is 12.7. The summed E-state index contributed by atoms with van der Waals surface area (Å²) in [5.74, 6) is -0.151. The van der Waals surface area contributed by atoms with E-state index in [2.05, 4.69) is 21.2 Å². The zero-order valence-electron chi connectivity index (χ0n) is 9.48. The molecule has 1 heterocycles. The van der Waals surface area contributed by atoms with Gasteiger partial charge in [-0.05, 0) is 51.6 Å². The van der Waals surface area contributed by atoms with Crippen molar-refractivity contribution in [2.24, 2.45) is 0 Å². The van der Waals surface area contributed by atoms with Crippen molar-refractivity contribution in [2.45, 2.75) is 4.90 Å². The van der Waals surface area contributed by atoms with Crippen molar-refractivity contribution in [2.75, 3.05) is 11.6 Å². The maximum absolute atomic E-state index is 11.9. The minimum Gasteiger partial charge on any atom is -0.321 e. The second-order valence-corrected chi connectivity index (χ2v) is 6.68. The minimum atomic E-state index is -1.00. The highest BCUT2D eigenvalue weighted by atomic mass is 79.9. The van der Waals surface area contributed by atoms with Crippen LogP contribution in [0.1, 0.15) is 9.67 Å². The van der Waals surface area contributed by atoms with Crippen LogP contribution in [0.25, 0.3) is 0 Å². The summed E-state index contributed by atoms with van der Waals surface area (Å²) >= 11 is 4.70. The molecule has 18 heavy (non-hydrogen) atoms. The van der Waals surface area contributed by atoms with E-state index in [1.54, 1.807) is 30.5 Å². The third kappa shape index (κ3) is 3.07. The SMILES string of the molecule is CS(=O)c1ccc(NC(=O)c2sccc2Br)cc1. The lowest BCUT2D eigenvalue weighted by molar-refractivity contribution is 0.103. The van der Waals surface area contributed by atoms with E-state index >= 15 is 0 Å². The fourth-order valence-electron chi connectivity index (χ4n) is 1.37. The van der Waals surface area contributed by atoms with Crippen molar-refractivity contribution >= 4 is 49.7 Å². The number of nitrogens with one attached hydrogen (secondary N) is 1. The van der Waals surface area contributed by atoms with Crippen LogP contribution in [0.3, 0.4) is 0 Å². The second kappa shape index (κ2) is 5.77. The van der Waals surface area contributed by atoms with Gasteiger partial charge >= 0.3 is 0 Å². The molecule has 2 aromatic rings. The number of thiophene rings is 1. The topological polar surface area (TPSA) is 46.2 Å². The molecule has 0 spiro atoms. The number of hydrogen-bond acceptors (Lipinski definition) is 3. The molecule has 1 aromatic carbocycles. The van der Waals surface area contributed by atoms with Crippen LogP contribution < -0.4 is 5.32 Å². The Kier molecular flexibility index (Phi) is 4.31. The van der Waals surface area contributed by atoms with Crippen LogP contribution in [0.15, 0.2) is 45.1 Å². The summed E-state index contributed by atoms with van der Waals surface area (Å²) in [4.78, 5) is 13.3. The van der Waals surface area contributed by atoms with E-state index in [-0.39, 0.29) is 5.91 Å². The van der Waals surface area contributed by atoms with E-state index in [9.17, 15) is 9.00 Å². The molecule has 94 valence electrons. The molecule has 1 atom stereocenters. The number of amides is 1. The van der Waals surface area contributed by atoms with Crippen LogP contribution in [-0.4, -0.2) is 16.4 Å². The first-order valence-corrected chi connectivity index (χ1v) is 8.29. The molecule has 1 amide bonds. The summed E-state index contributed by atoms with van der Waals surface area (Å²) in [6.45, 7) is 0. The lowest BCUT2D eigenvalue weighted by atomic mass is 10.3. The number of carbonyl (C=O) groups is 1. The fraction of sp³-hybridized carbons (Fsp3) is 0.0833. The van der Waals surface area contributed by atoms with Crippen LogP contribution in [0.2, 0.25) is 0 Å². The predicted molar refractivity (Wildman–Crippen MR) is 78.7 cm³/mol. The average molecular weight is 344 g/mol. The Labute approximate surface area is 120 Å². The number of rotatable bonds is 3. The summed E-state index contributed by atoms with van der Waals surface area (Å²) in [5.41, 5.74) is 0.689. The molecule has 0 saturated heterocycles. The molecule has 0 aliphatic rings. The zero-order chi connectivity index (χ0) is 13.1. The third-order valence-electron chi connectivity index (χ3n) is 2.27. The summed E-state index contributed by atoms with van der Waals surface area (Å²) in [7, 11) is -1.00. The molecular formula is C12H10BrNO2S2. The molecule has 0 aliphatic heterocycles. The van der Waals surface area contributed by atoms with Crippen molar-refractivity contribution in [3.8, 4) is 0 Å². The first-order chi connectivity index (χ1) is 8.58. The first kappa shape index (κ1) is 13.5. The van der Waals surface area contributed by atoms with Crippen molar-refractivity contribution < 1.29 is 9.00 Å². The van der Waals surface area contributed by atoms with Gasteiger partial charge in [0.2, 0.25) is 0 Å². The van der Waals surface area contributed by atoms with Gasteiger partial charge in [0.25, 0.3) is 5.91 Å². The highest BCUT2D eigenvalue weighted by Gasteiger charge is 2.11. The Balaban J connectivity index is 2.13. The number of carbonyl (C=O) groups excluding carboxylic acids is 1. The predicted octanol–water partition coefficient (Wildman–Crippen LogP) is 3.50. The standard InChI is InChI=1S/C12H10BrNO2S2/c1-18(16)9-4-2-8(3-5-9)14-12(15)11-10(13)6-7-17-11/h2-7H,1H3,(H,14,15). The monoisotopic (exact) mass is 343 g/mol. The van der Waals surface area contributed by atoms with E-state index < -0.39 is 10.8 Å². The van der Waals surface area contributed by atoms with Crippen molar-refractivity contribution in [1.82, 2.24) is 0 Å². The highest BCUT2D eigenvalue weighted by molar-refractivity contribution is 9.10. The molecule has 3 nitrogen and oxygen atoms in total. The third-order valence-corrected chi connectivity index (χ3v) is 5.04. The van der Waals surface area contributed by atoms with Gasteiger partial charge in [0, 0.05) is 32.1 Å². The average Bonchev–Trinajstić information content (AvgIpc) is 2.76. The van der Waals surface area contributed by atoms with Crippen molar-refractivity contribution in [1.29, 1.82) is 0 Å². The lowest BCUT2D eigenvalue weighted by Crippen LogP contribution is -2.10. The molecule has 6 heteroatoms. The van der Waals surface area contributed by atoms with Crippen LogP contribution in [0.4, 0.5) is 5.69 Å². The Morgan fingerprint density at radius 1 is 1.28 bits per heavy atom. The van der Waals surface area contributed by atoms with Crippen molar-refractivity contribution in [3.05, 3.63) is 45.1 Å². The van der Waals surface area contributed by atoms with Crippen LogP contribution in [0.5, 0.6) is 0 Å². The van der Waals surface area contributed by atoms with Gasteiger partial charge in [-0.2, -0.15) is 0 Å². The van der Waals surface area contributed by atoms with E-state index in [0.717, 1.165) is 9.37 Å². The van der Waals surface area contributed by atoms with E-state index in [1.807, 2.05) is 11.4 Å². The van der Waals surface area contributed by atoms with Gasteiger partial charge in [-0.15, -0.1) is 11.3 Å². The summed E-state index contributed by atoms with van der Waals surface area (Å²) < 4.78 is 12.0. The molecular weight excluding hydrogens is 334 g/mol. The van der Waals surface area contributed by atoms with Crippen LogP contribution in [-0.2, 0) is 10.8 Å². The summed E-state index contributed by atoms with van der Waals surface area (Å²) in [6, 6.07) is 8.82. The van der Waals surface area contributed by atoms with Gasteiger partial charge in [-0.3, -0.25) is 9.00 Å². The van der Waals surface area contributed by atoms with Crippen LogP contribution in [0, 0.1) is 0 Å². The first-order valence-electron chi connectivity index (χ1n) is 5.06. The van der Waals surface area contributed by atoms with Gasteiger partial charge in [0.15, 0.2) is 0 Å². The molecule has 2 rings (SSSR count). The number of benzene rings is 1. The van der Waals surface area contributed by atoms with Gasteiger partial charge < -0.3 is 5.32 Å². The molecule has 1 unspecified atom stereocenters. The summed E-state index contributed by atoms with van der Waals surface area (Å²) in [5, 5.41) is 4.64. The number of halogens is 1. The van der Waals surface area contributed by atoms with E-state index in [4.69, 9.17) is 0 Å². The normalized spacial score (nSPS) is 12.1. The lowest BCUT2D eigenvalue weighted by Gasteiger charge is -2.04. The fourth-order valence-corrected chi connectivity index (χ4v) is 3.34. The van der Waals surface area contributed by atoms with E-state index in [0.29, 0.717) is 10.6 Å². The van der Waals surface area contributed by atoms with Gasteiger partial charge in [0.1, 0.15) is 4.88 Å². The minimum absolute atomic E-state index is 0.151. The quantitative estimate of drug-likeness (QED) is 0.926. The van der Waals surface area contributed by atoms with Gasteiger partial charge in [-0.25, -0.2) is 0 Å². The Morgan fingerprint density at radius 3 is 2.44 bits per heavy atom. The van der Waals surface area contributed by atoms with Gasteiger partial charge in [0.05, 0.1) is 0 Å². The second-order valence-electron chi connectivity index (χ2n) is 3.53. The molecule has 0 saturated carbocycles. The largest absolute Gasteiger partial charge is 0.321 e. The molecule has 0 fully saturated rings. The van der Waals surface area contributed by atoms with Crippen LogP contribution >= 0.6 is 27.3 Å². The molecule has 0 radical (unpaired) electrons. The van der Waals surface area contributed by atoms with Crippen molar-refractivity contribution in [3.63, 3.8) is 0 Å². The maximum Gasteiger partial charge on any atom is 0.266 e. The highest BCUT2D eigenvalue weighted by Crippen LogP contribution is 2.23. The Bertz CT molecular complexity index is 592.